The fraction of sp³-hybridized carbons (Fsp3) is 0.320. The van der Waals surface area contributed by atoms with Gasteiger partial charge in [0.15, 0.2) is 0 Å². The lowest BCUT2D eigenvalue weighted by Gasteiger charge is -2.37. The molecule has 2 N–H and O–H groups in total. The van der Waals surface area contributed by atoms with E-state index >= 15 is 0 Å². The standard InChI is InChI=1S/C25H28N4O6/c1-17-22(24(31)32)23(19-10-6-11-20(16-19)29(34)35)28(25(33)26-17)15-7-14-27(2)21(30)13-12-18-8-4-3-5-9-18/h3-6,8-11,16,23H,7,12-15H2,1-2H3,(H,26,33)(H,31,32). The Hall–Kier alpha value is -4.21. The summed E-state index contributed by atoms with van der Waals surface area (Å²) in [4.78, 5) is 51.0. The maximum absolute atomic E-state index is 12.8. The molecule has 0 fully saturated rings. The van der Waals surface area contributed by atoms with E-state index in [-0.39, 0.29) is 29.4 Å². The zero-order valence-electron chi connectivity index (χ0n) is 19.6. The number of urea groups is 1. The van der Waals surface area contributed by atoms with E-state index in [4.69, 9.17) is 0 Å². The second-order valence-corrected chi connectivity index (χ2v) is 8.38. The molecule has 3 amide bonds. The van der Waals surface area contributed by atoms with Crippen LogP contribution in [0, 0.1) is 10.1 Å². The average molecular weight is 481 g/mol. The van der Waals surface area contributed by atoms with Crippen molar-refractivity contribution in [3.63, 3.8) is 0 Å². The largest absolute Gasteiger partial charge is 0.478 e. The minimum Gasteiger partial charge on any atom is -0.478 e. The number of nitro groups is 1. The van der Waals surface area contributed by atoms with Crippen molar-refractivity contribution < 1.29 is 24.4 Å². The topological polar surface area (TPSA) is 133 Å². The van der Waals surface area contributed by atoms with Crippen molar-refractivity contribution in [1.82, 2.24) is 15.1 Å². The van der Waals surface area contributed by atoms with Gasteiger partial charge in [-0.1, -0.05) is 42.5 Å². The molecule has 184 valence electrons. The lowest BCUT2D eigenvalue weighted by Crippen LogP contribution is -2.49. The van der Waals surface area contributed by atoms with Crippen LogP contribution in [0.4, 0.5) is 10.5 Å². The Kier molecular flexibility index (Phi) is 8.19. The Bertz CT molecular complexity index is 1150. The first-order valence-corrected chi connectivity index (χ1v) is 11.2. The van der Waals surface area contributed by atoms with Gasteiger partial charge in [0.1, 0.15) is 0 Å². The predicted octanol–water partition coefficient (Wildman–Crippen LogP) is 3.50. The molecule has 35 heavy (non-hydrogen) atoms. The van der Waals surface area contributed by atoms with Gasteiger partial charge in [-0.15, -0.1) is 0 Å². The third kappa shape index (κ3) is 6.23. The van der Waals surface area contributed by atoms with Gasteiger partial charge >= 0.3 is 12.0 Å². The Morgan fingerprint density at radius 2 is 1.89 bits per heavy atom. The molecular formula is C25H28N4O6. The summed E-state index contributed by atoms with van der Waals surface area (Å²) in [5.41, 5.74) is 1.33. The van der Waals surface area contributed by atoms with Crippen LogP contribution in [0.5, 0.6) is 0 Å². The van der Waals surface area contributed by atoms with Gasteiger partial charge in [-0.25, -0.2) is 9.59 Å². The van der Waals surface area contributed by atoms with E-state index in [1.165, 1.54) is 30.0 Å². The highest BCUT2D eigenvalue weighted by Crippen LogP contribution is 2.35. The molecule has 0 saturated carbocycles. The second-order valence-electron chi connectivity index (χ2n) is 8.38. The van der Waals surface area contributed by atoms with Crippen LogP contribution < -0.4 is 5.32 Å². The molecule has 0 radical (unpaired) electrons. The fourth-order valence-corrected chi connectivity index (χ4v) is 4.13. The van der Waals surface area contributed by atoms with E-state index in [0.29, 0.717) is 31.4 Å². The van der Waals surface area contributed by atoms with Gasteiger partial charge in [-0.2, -0.15) is 0 Å². The number of nitrogens with one attached hydrogen (secondary N) is 1. The SMILES string of the molecule is CC1=C(C(=O)O)C(c2cccc([N+](=O)[O-])c2)N(CCCN(C)C(=O)CCc2ccccc2)C(=O)N1. The van der Waals surface area contributed by atoms with Crippen LogP contribution in [0.3, 0.4) is 0 Å². The summed E-state index contributed by atoms with van der Waals surface area (Å²) in [7, 11) is 1.69. The molecule has 2 aromatic carbocycles. The van der Waals surface area contributed by atoms with E-state index < -0.39 is 23.0 Å². The Morgan fingerprint density at radius 3 is 2.54 bits per heavy atom. The quantitative estimate of drug-likeness (QED) is 0.395. The van der Waals surface area contributed by atoms with Crippen LogP contribution >= 0.6 is 0 Å². The number of allylic oxidation sites excluding steroid dienone is 1. The molecule has 1 aliphatic heterocycles. The number of aryl methyl sites for hydroxylation is 1. The summed E-state index contributed by atoms with van der Waals surface area (Å²) >= 11 is 0. The minimum atomic E-state index is -1.22. The zero-order valence-corrected chi connectivity index (χ0v) is 19.6. The van der Waals surface area contributed by atoms with Crippen LogP contribution in [-0.4, -0.2) is 57.9 Å². The molecule has 1 atom stereocenters. The van der Waals surface area contributed by atoms with Crippen molar-refractivity contribution in [2.24, 2.45) is 0 Å². The van der Waals surface area contributed by atoms with E-state index in [1.54, 1.807) is 18.0 Å². The third-order valence-corrected chi connectivity index (χ3v) is 5.96. The molecule has 0 aliphatic carbocycles. The highest BCUT2D eigenvalue weighted by Gasteiger charge is 2.38. The number of nitrogens with zero attached hydrogens (tertiary/aromatic N) is 3. The van der Waals surface area contributed by atoms with Gasteiger partial charge in [0.2, 0.25) is 5.91 Å². The summed E-state index contributed by atoms with van der Waals surface area (Å²) in [6.45, 7) is 2.01. The number of benzene rings is 2. The number of carboxylic acid groups (broad SMARTS) is 1. The van der Waals surface area contributed by atoms with Crippen molar-refractivity contribution in [1.29, 1.82) is 0 Å². The number of rotatable bonds is 10. The zero-order chi connectivity index (χ0) is 25.5. The average Bonchev–Trinajstić information content (AvgIpc) is 2.83. The molecule has 0 bridgehead atoms. The maximum Gasteiger partial charge on any atom is 0.335 e. The Morgan fingerprint density at radius 1 is 1.17 bits per heavy atom. The molecule has 2 aromatic rings. The smallest absolute Gasteiger partial charge is 0.335 e. The molecule has 0 saturated heterocycles. The van der Waals surface area contributed by atoms with Crippen LogP contribution in [0.15, 0.2) is 65.9 Å². The van der Waals surface area contributed by atoms with Crippen molar-refractivity contribution >= 4 is 23.6 Å². The molecule has 1 aliphatic rings. The molecule has 0 aromatic heterocycles. The normalized spacial score (nSPS) is 15.5. The highest BCUT2D eigenvalue weighted by atomic mass is 16.6. The van der Waals surface area contributed by atoms with Gasteiger partial charge in [0.05, 0.1) is 16.5 Å². The highest BCUT2D eigenvalue weighted by molar-refractivity contribution is 5.93. The number of nitro benzene ring substituents is 1. The molecule has 1 heterocycles. The summed E-state index contributed by atoms with van der Waals surface area (Å²) in [5, 5.41) is 23.7. The predicted molar refractivity (Wildman–Crippen MR) is 128 cm³/mol. The van der Waals surface area contributed by atoms with Crippen LogP contribution in [0.2, 0.25) is 0 Å². The van der Waals surface area contributed by atoms with Gasteiger partial charge in [-0.3, -0.25) is 14.9 Å². The van der Waals surface area contributed by atoms with Crippen molar-refractivity contribution in [3.8, 4) is 0 Å². The second kappa shape index (κ2) is 11.3. The van der Waals surface area contributed by atoms with Crippen molar-refractivity contribution in [3.05, 3.63) is 87.1 Å². The Labute approximate surface area is 203 Å². The minimum absolute atomic E-state index is 0.0332. The summed E-state index contributed by atoms with van der Waals surface area (Å²) in [6.07, 6.45) is 1.38. The van der Waals surface area contributed by atoms with Crippen molar-refractivity contribution in [2.45, 2.75) is 32.2 Å². The third-order valence-electron chi connectivity index (χ3n) is 5.96. The summed E-state index contributed by atoms with van der Waals surface area (Å²) < 4.78 is 0. The van der Waals surface area contributed by atoms with Gasteiger partial charge in [0.25, 0.3) is 5.69 Å². The molecule has 0 spiro atoms. The first kappa shape index (κ1) is 25.4. The number of hydrogen-bond donors (Lipinski definition) is 2. The monoisotopic (exact) mass is 480 g/mol. The molecule has 1 unspecified atom stereocenters. The van der Waals surface area contributed by atoms with E-state index in [1.807, 2.05) is 30.3 Å². The molecule has 10 heteroatoms. The van der Waals surface area contributed by atoms with Crippen LogP contribution in [-0.2, 0) is 16.0 Å². The Balaban J connectivity index is 1.72. The van der Waals surface area contributed by atoms with E-state index in [9.17, 15) is 29.6 Å². The van der Waals surface area contributed by atoms with Crippen LogP contribution in [0.1, 0.15) is 36.9 Å². The lowest BCUT2D eigenvalue weighted by molar-refractivity contribution is -0.384. The molecule has 3 rings (SSSR count). The first-order valence-electron chi connectivity index (χ1n) is 11.2. The van der Waals surface area contributed by atoms with Crippen molar-refractivity contribution in [2.75, 3.05) is 20.1 Å². The maximum atomic E-state index is 12.8. The van der Waals surface area contributed by atoms with Gasteiger partial charge < -0.3 is 20.2 Å². The van der Waals surface area contributed by atoms with Crippen LogP contribution in [0.25, 0.3) is 0 Å². The van der Waals surface area contributed by atoms with E-state index in [2.05, 4.69) is 5.32 Å². The number of hydrogen-bond acceptors (Lipinski definition) is 5. The molecule has 10 nitrogen and oxygen atoms in total. The van der Waals surface area contributed by atoms with Gasteiger partial charge in [-0.05, 0) is 30.9 Å². The number of carbonyl (C=O) groups excluding carboxylic acids is 2. The van der Waals surface area contributed by atoms with Gasteiger partial charge in [0, 0.05) is 44.4 Å². The number of aliphatic carboxylic acids is 1. The summed E-state index contributed by atoms with van der Waals surface area (Å²) in [6, 6.07) is 13.8. The first-order chi connectivity index (χ1) is 16.7. The lowest BCUT2D eigenvalue weighted by atomic mass is 9.93. The molecular weight excluding hydrogens is 452 g/mol. The summed E-state index contributed by atoms with van der Waals surface area (Å²) in [5.74, 6) is -1.26. The number of carboxylic acids is 1. The van der Waals surface area contributed by atoms with E-state index in [0.717, 1.165) is 5.56 Å². The number of non-ortho nitro benzene ring substituents is 1. The number of carbonyl (C=O) groups is 3. The fourth-order valence-electron chi connectivity index (χ4n) is 4.13. The number of amides is 3.